The monoisotopic (exact) mass is 173 g/mol. The van der Waals surface area contributed by atoms with E-state index in [1.807, 2.05) is 0 Å². The lowest BCUT2D eigenvalue weighted by atomic mass is 9.88. The summed E-state index contributed by atoms with van der Waals surface area (Å²) < 4.78 is 12.1. The molecule has 1 rings (SSSR count). The van der Waals surface area contributed by atoms with Crippen molar-refractivity contribution < 1.29 is 4.39 Å². The summed E-state index contributed by atoms with van der Waals surface area (Å²) in [6.45, 7) is 7.20. The Balaban J connectivity index is 2.30. The van der Waals surface area contributed by atoms with Gasteiger partial charge in [-0.05, 0) is 31.2 Å². The lowest BCUT2D eigenvalue weighted by Gasteiger charge is -2.34. The number of rotatable bonds is 3. The van der Waals surface area contributed by atoms with E-state index in [0.717, 1.165) is 24.9 Å². The van der Waals surface area contributed by atoms with Crippen molar-refractivity contribution in [3.8, 4) is 0 Å². The third-order valence-electron chi connectivity index (χ3n) is 2.89. The van der Waals surface area contributed by atoms with Crippen LogP contribution in [-0.4, -0.2) is 31.2 Å². The third-order valence-corrected chi connectivity index (χ3v) is 2.89. The minimum absolute atomic E-state index is 0.190. The van der Waals surface area contributed by atoms with Gasteiger partial charge in [0, 0.05) is 13.1 Å². The third kappa shape index (κ3) is 2.74. The molecule has 0 amide bonds. The van der Waals surface area contributed by atoms with Crippen molar-refractivity contribution in [2.45, 2.75) is 26.7 Å². The van der Waals surface area contributed by atoms with E-state index in [2.05, 4.69) is 18.7 Å². The van der Waals surface area contributed by atoms with E-state index in [9.17, 15) is 4.39 Å². The normalized spacial score (nSPS) is 26.5. The number of hydrogen-bond acceptors (Lipinski definition) is 1. The number of nitrogens with zero attached hydrogens (tertiary/aromatic N) is 1. The van der Waals surface area contributed by atoms with E-state index in [0.29, 0.717) is 6.54 Å². The molecule has 0 aromatic rings. The Morgan fingerprint density at radius 3 is 2.83 bits per heavy atom. The molecule has 0 saturated carbocycles. The molecule has 0 aromatic heterocycles. The van der Waals surface area contributed by atoms with E-state index in [4.69, 9.17) is 0 Å². The molecule has 1 heterocycles. The highest BCUT2D eigenvalue weighted by molar-refractivity contribution is 4.74. The molecule has 1 fully saturated rings. The summed E-state index contributed by atoms with van der Waals surface area (Å²) in [7, 11) is 0. The van der Waals surface area contributed by atoms with E-state index in [1.54, 1.807) is 0 Å². The smallest absolute Gasteiger partial charge is 0.102 e. The molecule has 2 heteroatoms. The van der Waals surface area contributed by atoms with Gasteiger partial charge in [-0.15, -0.1) is 0 Å². The van der Waals surface area contributed by atoms with Gasteiger partial charge in [0.1, 0.15) is 6.67 Å². The van der Waals surface area contributed by atoms with Gasteiger partial charge in [0.05, 0.1) is 0 Å². The van der Waals surface area contributed by atoms with Crippen molar-refractivity contribution >= 4 is 0 Å². The molecular formula is C10H20FN. The molecule has 1 aliphatic rings. The first-order valence-corrected chi connectivity index (χ1v) is 5.02. The summed E-state index contributed by atoms with van der Waals surface area (Å²) in [5, 5.41) is 0. The predicted octanol–water partition coefficient (Wildman–Crippen LogP) is 2.32. The number of halogens is 1. The Bertz CT molecular complexity index is 123. The second kappa shape index (κ2) is 4.80. The number of hydrogen-bond donors (Lipinski definition) is 0. The molecule has 0 spiro atoms. The van der Waals surface area contributed by atoms with E-state index >= 15 is 0 Å². The lowest BCUT2D eigenvalue weighted by Crippen LogP contribution is -2.38. The van der Waals surface area contributed by atoms with Gasteiger partial charge in [0.15, 0.2) is 0 Å². The fourth-order valence-corrected chi connectivity index (χ4v) is 1.96. The number of alkyl halides is 1. The summed E-state index contributed by atoms with van der Waals surface area (Å²) in [6.07, 6.45) is 2.59. The molecule has 0 bridgehead atoms. The van der Waals surface area contributed by atoms with Crippen LogP contribution in [0, 0.1) is 11.8 Å². The molecule has 1 atom stereocenters. The van der Waals surface area contributed by atoms with Crippen LogP contribution >= 0.6 is 0 Å². The minimum atomic E-state index is -0.190. The van der Waals surface area contributed by atoms with Crippen LogP contribution in [-0.2, 0) is 0 Å². The average molecular weight is 173 g/mol. The van der Waals surface area contributed by atoms with Gasteiger partial charge >= 0.3 is 0 Å². The van der Waals surface area contributed by atoms with E-state index < -0.39 is 0 Å². The Kier molecular flexibility index (Phi) is 3.99. The second-order valence-electron chi connectivity index (χ2n) is 4.14. The first-order valence-electron chi connectivity index (χ1n) is 5.02. The zero-order valence-corrected chi connectivity index (χ0v) is 8.22. The van der Waals surface area contributed by atoms with Crippen LogP contribution in [0.25, 0.3) is 0 Å². The molecule has 72 valence electrons. The number of likely N-dealkylation sites (tertiary alicyclic amines) is 1. The molecular weight excluding hydrogens is 153 g/mol. The first kappa shape index (κ1) is 9.97. The highest BCUT2D eigenvalue weighted by Crippen LogP contribution is 2.22. The van der Waals surface area contributed by atoms with Crippen LogP contribution in [0.15, 0.2) is 0 Å². The highest BCUT2D eigenvalue weighted by Gasteiger charge is 2.21. The van der Waals surface area contributed by atoms with E-state index in [1.165, 1.54) is 12.8 Å². The van der Waals surface area contributed by atoms with Crippen LogP contribution in [0.1, 0.15) is 26.7 Å². The molecule has 1 saturated heterocycles. The predicted molar refractivity (Wildman–Crippen MR) is 50.0 cm³/mol. The zero-order chi connectivity index (χ0) is 8.97. The van der Waals surface area contributed by atoms with Crippen LogP contribution in [0.5, 0.6) is 0 Å². The van der Waals surface area contributed by atoms with Crippen LogP contribution in [0.3, 0.4) is 0 Å². The molecule has 0 aromatic carbocycles. The van der Waals surface area contributed by atoms with Gasteiger partial charge in [-0.25, -0.2) is 4.39 Å². The van der Waals surface area contributed by atoms with Crippen molar-refractivity contribution in [3.05, 3.63) is 0 Å². The van der Waals surface area contributed by atoms with Crippen LogP contribution < -0.4 is 0 Å². The Hall–Kier alpha value is -0.110. The maximum Gasteiger partial charge on any atom is 0.102 e. The molecule has 0 N–H and O–H groups in total. The lowest BCUT2D eigenvalue weighted by molar-refractivity contribution is 0.137. The summed E-state index contributed by atoms with van der Waals surface area (Å²) in [4.78, 5) is 2.26. The first-order chi connectivity index (χ1) is 5.74. The summed E-state index contributed by atoms with van der Waals surface area (Å²) in [5.74, 6) is 1.55. The molecule has 1 aliphatic heterocycles. The topological polar surface area (TPSA) is 3.24 Å². The fraction of sp³-hybridized carbons (Fsp3) is 1.00. The molecule has 1 nitrogen and oxygen atoms in total. The van der Waals surface area contributed by atoms with Crippen molar-refractivity contribution in [3.63, 3.8) is 0 Å². The van der Waals surface area contributed by atoms with Crippen LogP contribution in [0.4, 0.5) is 4.39 Å². The summed E-state index contributed by atoms with van der Waals surface area (Å²) in [6, 6.07) is 0. The second-order valence-corrected chi connectivity index (χ2v) is 4.14. The van der Waals surface area contributed by atoms with Crippen molar-refractivity contribution in [1.29, 1.82) is 0 Å². The van der Waals surface area contributed by atoms with Gasteiger partial charge in [-0.1, -0.05) is 13.8 Å². The van der Waals surface area contributed by atoms with Gasteiger partial charge in [0.25, 0.3) is 0 Å². The molecule has 0 unspecified atom stereocenters. The fourth-order valence-electron chi connectivity index (χ4n) is 1.96. The minimum Gasteiger partial charge on any atom is -0.300 e. The summed E-state index contributed by atoms with van der Waals surface area (Å²) in [5.41, 5.74) is 0. The molecule has 12 heavy (non-hydrogen) atoms. The standard InChI is InChI=1S/C10H20FN/c1-9(2)10-4-3-6-12(8-10)7-5-11/h9-10H,3-8H2,1-2H3/t10-/m1/s1. The highest BCUT2D eigenvalue weighted by atomic mass is 19.1. The van der Waals surface area contributed by atoms with Gasteiger partial charge < -0.3 is 4.90 Å². The van der Waals surface area contributed by atoms with Gasteiger partial charge in [-0.3, -0.25) is 0 Å². The van der Waals surface area contributed by atoms with Crippen LogP contribution in [0.2, 0.25) is 0 Å². The Morgan fingerprint density at radius 1 is 1.50 bits per heavy atom. The quantitative estimate of drug-likeness (QED) is 0.633. The zero-order valence-electron chi connectivity index (χ0n) is 8.22. The van der Waals surface area contributed by atoms with Crippen molar-refractivity contribution in [2.24, 2.45) is 11.8 Å². The number of piperidine rings is 1. The largest absolute Gasteiger partial charge is 0.300 e. The maximum atomic E-state index is 12.1. The van der Waals surface area contributed by atoms with Gasteiger partial charge in [0.2, 0.25) is 0 Å². The Morgan fingerprint density at radius 2 is 2.25 bits per heavy atom. The molecule has 0 aliphatic carbocycles. The molecule has 0 radical (unpaired) electrons. The average Bonchev–Trinajstić information content (AvgIpc) is 2.05. The summed E-state index contributed by atoms with van der Waals surface area (Å²) >= 11 is 0. The Labute approximate surface area is 74.9 Å². The van der Waals surface area contributed by atoms with Crippen molar-refractivity contribution in [2.75, 3.05) is 26.3 Å². The van der Waals surface area contributed by atoms with Crippen molar-refractivity contribution in [1.82, 2.24) is 4.90 Å². The maximum absolute atomic E-state index is 12.1. The van der Waals surface area contributed by atoms with Gasteiger partial charge in [-0.2, -0.15) is 0 Å². The van der Waals surface area contributed by atoms with E-state index in [-0.39, 0.29) is 6.67 Å². The SMILES string of the molecule is CC(C)[C@@H]1CCCN(CCF)C1.